The predicted octanol–water partition coefficient (Wildman–Crippen LogP) is 3.42. The lowest BCUT2D eigenvalue weighted by Crippen LogP contribution is -2.28. The van der Waals surface area contributed by atoms with E-state index in [1.165, 1.54) is 24.0 Å². The minimum Gasteiger partial charge on any atom is -0.342 e. The summed E-state index contributed by atoms with van der Waals surface area (Å²) in [6, 6.07) is 6.18. The molecule has 0 N–H and O–H groups in total. The largest absolute Gasteiger partial charge is 0.342 e. The zero-order chi connectivity index (χ0) is 13.1. The lowest BCUT2D eigenvalue weighted by atomic mass is 10.1. The molecule has 0 radical (unpaired) electrons. The number of alkyl halides is 1. The molecule has 0 bridgehead atoms. The maximum Gasteiger partial charge on any atom is 0.253 e. The van der Waals surface area contributed by atoms with Crippen molar-refractivity contribution in [1.82, 2.24) is 4.90 Å². The number of halogens is 1. The molecule has 0 saturated carbocycles. The predicted molar refractivity (Wildman–Crippen MR) is 78.4 cm³/mol. The van der Waals surface area contributed by atoms with Gasteiger partial charge in [0.2, 0.25) is 0 Å². The van der Waals surface area contributed by atoms with Gasteiger partial charge in [0.05, 0.1) is 0 Å². The number of benzene rings is 1. The van der Waals surface area contributed by atoms with Crippen LogP contribution in [0.3, 0.4) is 0 Å². The number of carbonyl (C=O) groups is 1. The van der Waals surface area contributed by atoms with Crippen molar-refractivity contribution in [2.75, 3.05) is 13.6 Å². The van der Waals surface area contributed by atoms with Crippen LogP contribution in [0.15, 0.2) is 18.2 Å². The second kappa shape index (κ2) is 5.87. The van der Waals surface area contributed by atoms with Gasteiger partial charge in [0.15, 0.2) is 0 Å². The van der Waals surface area contributed by atoms with Crippen LogP contribution in [0.1, 0.15) is 41.3 Å². The Bertz CT molecular complexity index is 442. The summed E-state index contributed by atoms with van der Waals surface area (Å²) in [4.78, 5) is 14.5. The van der Waals surface area contributed by atoms with Crippen LogP contribution in [0.2, 0.25) is 0 Å². The van der Waals surface area contributed by atoms with Gasteiger partial charge < -0.3 is 4.90 Å². The first kappa shape index (κ1) is 13.6. The Morgan fingerprint density at radius 2 is 2.11 bits per heavy atom. The molecule has 18 heavy (non-hydrogen) atoms. The van der Waals surface area contributed by atoms with Crippen molar-refractivity contribution in [2.24, 2.45) is 0 Å². The number of amides is 1. The smallest absolute Gasteiger partial charge is 0.253 e. The van der Waals surface area contributed by atoms with Crippen LogP contribution in [-0.4, -0.2) is 29.2 Å². The van der Waals surface area contributed by atoms with E-state index in [0.29, 0.717) is 4.83 Å². The molecule has 1 amide bonds. The summed E-state index contributed by atoms with van der Waals surface area (Å²) in [5, 5.41) is 0. The molecule has 2 rings (SSSR count). The molecule has 1 unspecified atom stereocenters. The van der Waals surface area contributed by atoms with Gasteiger partial charge in [0.25, 0.3) is 5.91 Å². The summed E-state index contributed by atoms with van der Waals surface area (Å²) < 4.78 is 0. The van der Waals surface area contributed by atoms with Gasteiger partial charge in [-0.2, -0.15) is 0 Å². The van der Waals surface area contributed by atoms with Gasteiger partial charge in [0, 0.05) is 24.0 Å². The molecule has 0 fully saturated rings. The van der Waals surface area contributed by atoms with E-state index >= 15 is 0 Å². The number of hydrogen-bond donors (Lipinski definition) is 0. The SMILES string of the molecule is CC(Br)CCN(C)C(=O)c1ccc2c(c1)CCC2. The summed E-state index contributed by atoms with van der Waals surface area (Å²) in [5.74, 6) is 0.137. The van der Waals surface area contributed by atoms with Gasteiger partial charge in [0.1, 0.15) is 0 Å². The maximum absolute atomic E-state index is 12.3. The topological polar surface area (TPSA) is 20.3 Å². The van der Waals surface area contributed by atoms with Crippen molar-refractivity contribution in [2.45, 2.75) is 37.4 Å². The summed E-state index contributed by atoms with van der Waals surface area (Å²) in [7, 11) is 1.88. The second-order valence-electron chi connectivity index (χ2n) is 5.13. The Kier molecular flexibility index (Phi) is 4.44. The highest BCUT2D eigenvalue weighted by Gasteiger charge is 2.16. The molecule has 0 aliphatic heterocycles. The third kappa shape index (κ3) is 3.14. The Labute approximate surface area is 117 Å². The maximum atomic E-state index is 12.3. The van der Waals surface area contributed by atoms with Crippen LogP contribution in [0.4, 0.5) is 0 Å². The highest BCUT2D eigenvalue weighted by Crippen LogP contribution is 2.23. The van der Waals surface area contributed by atoms with Crippen molar-refractivity contribution in [3.63, 3.8) is 0 Å². The van der Waals surface area contributed by atoms with Gasteiger partial charge in [-0.1, -0.05) is 28.9 Å². The lowest BCUT2D eigenvalue weighted by molar-refractivity contribution is 0.0794. The van der Waals surface area contributed by atoms with E-state index in [1.54, 1.807) is 0 Å². The molecule has 0 aromatic heterocycles. The Morgan fingerprint density at radius 3 is 2.83 bits per heavy atom. The van der Waals surface area contributed by atoms with E-state index in [9.17, 15) is 4.79 Å². The summed E-state index contributed by atoms with van der Waals surface area (Å²) in [6.45, 7) is 2.90. The minimum absolute atomic E-state index is 0.137. The minimum atomic E-state index is 0.137. The number of hydrogen-bond acceptors (Lipinski definition) is 1. The van der Waals surface area contributed by atoms with E-state index in [4.69, 9.17) is 0 Å². The van der Waals surface area contributed by atoms with Crippen LogP contribution in [0, 0.1) is 0 Å². The van der Waals surface area contributed by atoms with Gasteiger partial charge in [-0.15, -0.1) is 0 Å². The number of aryl methyl sites for hydroxylation is 2. The Morgan fingerprint density at radius 1 is 1.39 bits per heavy atom. The third-order valence-electron chi connectivity index (χ3n) is 3.55. The quantitative estimate of drug-likeness (QED) is 0.780. The molecule has 1 aliphatic rings. The molecule has 1 aromatic carbocycles. The van der Waals surface area contributed by atoms with Gasteiger partial charge in [-0.05, 0) is 48.9 Å². The van der Waals surface area contributed by atoms with Gasteiger partial charge in [-0.25, -0.2) is 0 Å². The Balaban J connectivity index is 2.04. The highest BCUT2D eigenvalue weighted by atomic mass is 79.9. The van der Waals surface area contributed by atoms with Crippen LogP contribution in [-0.2, 0) is 12.8 Å². The molecule has 1 aliphatic carbocycles. The summed E-state index contributed by atoms with van der Waals surface area (Å²) in [5.41, 5.74) is 3.62. The fourth-order valence-electron chi connectivity index (χ4n) is 2.40. The van der Waals surface area contributed by atoms with Crippen LogP contribution in [0.25, 0.3) is 0 Å². The third-order valence-corrected chi connectivity index (χ3v) is 4.01. The number of rotatable bonds is 4. The average Bonchev–Trinajstić information content (AvgIpc) is 2.81. The van der Waals surface area contributed by atoms with Crippen molar-refractivity contribution in [3.8, 4) is 0 Å². The molecular formula is C15H20BrNO. The van der Waals surface area contributed by atoms with Crippen molar-refractivity contribution < 1.29 is 4.79 Å². The molecular weight excluding hydrogens is 290 g/mol. The first-order valence-corrected chi connectivity index (χ1v) is 7.51. The standard InChI is InChI=1S/C15H20BrNO/c1-11(16)8-9-17(2)15(18)14-7-6-12-4-3-5-13(12)10-14/h6-7,10-11H,3-5,8-9H2,1-2H3. The zero-order valence-corrected chi connectivity index (χ0v) is 12.7. The molecule has 2 nitrogen and oxygen atoms in total. The number of fused-ring (bicyclic) bond motifs is 1. The van der Waals surface area contributed by atoms with Crippen LogP contribution >= 0.6 is 15.9 Å². The van der Waals surface area contributed by atoms with Crippen molar-refractivity contribution in [1.29, 1.82) is 0 Å². The fraction of sp³-hybridized carbons (Fsp3) is 0.533. The van der Waals surface area contributed by atoms with E-state index in [2.05, 4.69) is 35.0 Å². The van der Waals surface area contributed by atoms with E-state index in [-0.39, 0.29) is 5.91 Å². The molecule has 0 spiro atoms. The number of nitrogens with zero attached hydrogens (tertiary/aromatic N) is 1. The van der Waals surface area contributed by atoms with Crippen LogP contribution in [0.5, 0.6) is 0 Å². The number of carbonyl (C=O) groups excluding carboxylic acids is 1. The molecule has 0 saturated heterocycles. The van der Waals surface area contributed by atoms with Crippen molar-refractivity contribution in [3.05, 3.63) is 34.9 Å². The molecule has 0 heterocycles. The van der Waals surface area contributed by atoms with E-state index < -0.39 is 0 Å². The van der Waals surface area contributed by atoms with Gasteiger partial charge >= 0.3 is 0 Å². The average molecular weight is 310 g/mol. The normalized spacial score (nSPS) is 15.3. The first-order chi connectivity index (χ1) is 8.58. The molecule has 1 atom stereocenters. The Hall–Kier alpha value is -0.830. The summed E-state index contributed by atoms with van der Waals surface area (Å²) in [6.07, 6.45) is 4.50. The first-order valence-electron chi connectivity index (χ1n) is 6.59. The molecule has 98 valence electrons. The van der Waals surface area contributed by atoms with E-state index in [0.717, 1.165) is 24.9 Å². The molecule has 1 aromatic rings. The monoisotopic (exact) mass is 309 g/mol. The fourth-order valence-corrected chi connectivity index (χ4v) is 2.60. The second-order valence-corrected chi connectivity index (χ2v) is 6.70. The van der Waals surface area contributed by atoms with Crippen molar-refractivity contribution >= 4 is 21.8 Å². The lowest BCUT2D eigenvalue weighted by Gasteiger charge is -2.18. The van der Waals surface area contributed by atoms with Gasteiger partial charge in [-0.3, -0.25) is 4.79 Å². The molecule has 3 heteroatoms. The van der Waals surface area contributed by atoms with E-state index in [1.807, 2.05) is 18.0 Å². The zero-order valence-electron chi connectivity index (χ0n) is 11.1. The van der Waals surface area contributed by atoms with Crippen LogP contribution < -0.4 is 0 Å². The highest BCUT2D eigenvalue weighted by molar-refractivity contribution is 9.09. The summed E-state index contributed by atoms with van der Waals surface area (Å²) >= 11 is 3.51.